The summed E-state index contributed by atoms with van der Waals surface area (Å²) in [7, 11) is 1.34. The topological polar surface area (TPSA) is 69.4 Å². The molecule has 3 rings (SSSR count). The number of nitrogens with one attached hydrogen (secondary N) is 1. The van der Waals surface area contributed by atoms with Crippen LogP contribution in [0.2, 0.25) is 0 Å². The third-order valence-corrected chi connectivity index (χ3v) is 3.72. The molecule has 1 N–H and O–H groups in total. The maximum Gasteiger partial charge on any atom is 0.387 e. The van der Waals surface area contributed by atoms with E-state index in [9.17, 15) is 13.2 Å². The number of halogens is 3. The lowest BCUT2D eigenvalue weighted by molar-refractivity contribution is -0.0512. The molecular formula is C18H16F3N3O3. The van der Waals surface area contributed by atoms with E-state index >= 15 is 0 Å². The molecular weight excluding hydrogens is 363 g/mol. The van der Waals surface area contributed by atoms with E-state index in [2.05, 4.69) is 20.2 Å². The molecule has 0 unspecified atom stereocenters. The van der Waals surface area contributed by atoms with Gasteiger partial charge in [-0.25, -0.2) is 4.39 Å². The number of anilines is 1. The maximum atomic E-state index is 13.1. The van der Waals surface area contributed by atoms with Crippen LogP contribution in [0.5, 0.6) is 11.5 Å². The number of ether oxygens (including phenoxy) is 2. The maximum absolute atomic E-state index is 13.1. The van der Waals surface area contributed by atoms with Gasteiger partial charge in [0.15, 0.2) is 11.5 Å². The molecule has 0 bridgehead atoms. The fourth-order valence-electron chi connectivity index (χ4n) is 2.44. The van der Waals surface area contributed by atoms with Gasteiger partial charge in [0, 0.05) is 11.3 Å². The third kappa shape index (κ3) is 4.49. The molecule has 0 aliphatic carbocycles. The highest BCUT2D eigenvalue weighted by Crippen LogP contribution is 2.32. The Morgan fingerprint density at radius 1 is 1.15 bits per heavy atom. The summed E-state index contributed by atoms with van der Waals surface area (Å²) >= 11 is 0. The molecule has 142 valence electrons. The number of hydrogen-bond acceptors (Lipinski definition) is 6. The standard InChI is InChI=1S/C18H16F3N3O3/c1-10-7-12(19)4-5-13(10)22-9-16-23-17(24-27-16)11-3-6-14(26-18(20)21)15(8-11)25-2/h3-8,18,22H,9H2,1-2H3. The molecule has 9 heteroatoms. The first-order valence-corrected chi connectivity index (χ1v) is 7.92. The van der Waals surface area contributed by atoms with Gasteiger partial charge < -0.3 is 19.3 Å². The Kier molecular flexibility index (Phi) is 5.49. The van der Waals surface area contributed by atoms with Crippen LogP contribution in [-0.4, -0.2) is 23.9 Å². The van der Waals surface area contributed by atoms with Crippen molar-refractivity contribution in [3.63, 3.8) is 0 Å². The Balaban J connectivity index is 1.73. The number of aromatic nitrogens is 2. The predicted molar refractivity (Wildman–Crippen MR) is 91.4 cm³/mol. The lowest BCUT2D eigenvalue weighted by atomic mass is 10.2. The Hall–Kier alpha value is -3.23. The van der Waals surface area contributed by atoms with Crippen LogP contribution >= 0.6 is 0 Å². The number of methoxy groups -OCH3 is 1. The zero-order valence-corrected chi connectivity index (χ0v) is 14.5. The molecule has 0 aliphatic heterocycles. The molecule has 1 aromatic heterocycles. The van der Waals surface area contributed by atoms with Crippen LogP contribution in [0.1, 0.15) is 11.5 Å². The van der Waals surface area contributed by atoms with E-state index < -0.39 is 6.61 Å². The summed E-state index contributed by atoms with van der Waals surface area (Å²) < 4.78 is 52.5. The minimum absolute atomic E-state index is 0.0894. The van der Waals surface area contributed by atoms with E-state index in [1.165, 1.54) is 37.4 Å². The highest BCUT2D eigenvalue weighted by atomic mass is 19.3. The van der Waals surface area contributed by atoms with Gasteiger partial charge in [-0.3, -0.25) is 0 Å². The van der Waals surface area contributed by atoms with Gasteiger partial charge in [0.1, 0.15) is 5.82 Å². The van der Waals surface area contributed by atoms with Gasteiger partial charge in [0.25, 0.3) is 0 Å². The summed E-state index contributed by atoms with van der Waals surface area (Å²) in [6.07, 6.45) is 0. The molecule has 0 spiro atoms. The van der Waals surface area contributed by atoms with E-state index in [0.717, 1.165) is 11.3 Å². The lowest BCUT2D eigenvalue weighted by Crippen LogP contribution is -2.03. The summed E-state index contributed by atoms with van der Waals surface area (Å²) in [5.74, 6) is 0.295. The number of nitrogens with zero attached hydrogens (tertiary/aromatic N) is 2. The minimum atomic E-state index is -2.96. The first-order valence-electron chi connectivity index (χ1n) is 7.92. The number of aryl methyl sites for hydroxylation is 1. The highest BCUT2D eigenvalue weighted by molar-refractivity contribution is 5.60. The molecule has 6 nitrogen and oxygen atoms in total. The van der Waals surface area contributed by atoms with Crippen molar-refractivity contribution in [3.05, 3.63) is 53.7 Å². The van der Waals surface area contributed by atoms with Crippen molar-refractivity contribution >= 4 is 5.69 Å². The quantitative estimate of drug-likeness (QED) is 0.656. The normalized spacial score (nSPS) is 10.9. The van der Waals surface area contributed by atoms with E-state index in [-0.39, 0.29) is 29.7 Å². The fourth-order valence-corrected chi connectivity index (χ4v) is 2.44. The van der Waals surface area contributed by atoms with Gasteiger partial charge in [-0.1, -0.05) is 5.16 Å². The highest BCUT2D eigenvalue weighted by Gasteiger charge is 2.15. The molecule has 27 heavy (non-hydrogen) atoms. The van der Waals surface area contributed by atoms with Gasteiger partial charge in [0.2, 0.25) is 11.7 Å². The second kappa shape index (κ2) is 7.98. The number of benzene rings is 2. The molecule has 0 aliphatic rings. The van der Waals surface area contributed by atoms with Gasteiger partial charge in [-0.15, -0.1) is 0 Å². The Morgan fingerprint density at radius 2 is 1.96 bits per heavy atom. The minimum Gasteiger partial charge on any atom is -0.493 e. The first-order chi connectivity index (χ1) is 13.0. The van der Waals surface area contributed by atoms with E-state index in [4.69, 9.17) is 9.26 Å². The van der Waals surface area contributed by atoms with Crippen molar-refractivity contribution in [2.24, 2.45) is 0 Å². The van der Waals surface area contributed by atoms with Crippen LogP contribution in [0.15, 0.2) is 40.9 Å². The Morgan fingerprint density at radius 3 is 2.67 bits per heavy atom. The van der Waals surface area contributed by atoms with Crippen LogP contribution < -0.4 is 14.8 Å². The SMILES string of the molecule is COc1cc(-c2noc(CNc3ccc(F)cc3C)n2)ccc1OC(F)F. The van der Waals surface area contributed by atoms with Gasteiger partial charge in [0.05, 0.1) is 13.7 Å². The van der Waals surface area contributed by atoms with Crippen molar-refractivity contribution in [1.29, 1.82) is 0 Å². The zero-order valence-electron chi connectivity index (χ0n) is 14.5. The summed E-state index contributed by atoms with van der Waals surface area (Å²) in [4.78, 5) is 4.25. The zero-order chi connectivity index (χ0) is 19.4. The van der Waals surface area contributed by atoms with Crippen molar-refractivity contribution in [3.8, 4) is 22.9 Å². The second-order valence-electron chi connectivity index (χ2n) is 5.57. The summed E-state index contributed by atoms with van der Waals surface area (Å²) in [6.45, 7) is -0.939. The fraction of sp³-hybridized carbons (Fsp3) is 0.222. The van der Waals surface area contributed by atoms with Gasteiger partial charge >= 0.3 is 6.61 Å². The lowest BCUT2D eigenvalue weighted by Gasteiger charge is -2.10. The molecule has 1 heterocycles. The van der Waals surface area contributed by atoms with Crippen molar-refractivity contribution in [1.82, 2.24) is 10.1 Å². The molecule has 2 aromatic carbocycles. The first kappa shape index (κ1) is 18.6. The van der Waals surface area contributed by atoms with Gasteiger partial charge in [-0.05, 0) is 48.9 Å². The summed E-state index contributed by atoms with van der Waals surface area (Å²) in [5, 5.41) is 6.95. The number of alkyl halides is 2. The van der Waals surface area contributed by atoms with E-state index in [1.54, 1.807) is 13.0 Å². The number of rotatable bonds is 7. The Bertz CT molecular complexity index is 931. The van der Waals surface area contributed by atoms with Gasteiger partial charge in [-0.2, -0.15) is 13.8 Å². The average molecular weight is 379 g/mol. The van der Waals surface area contributed by atoms with Crippen LogP contribution in [0.4, 0.5) is 18.9 Å². The number of hydrogen-bond donors (Lipinski definition) is 1. The Labute approximate surface area is 152 Å². The molecule has 0 fully saturated rings. The van der Waals surface area contributed by atoms with Crippen molar-refractivity contribution in [2.45, 2.75) is 20.1 Å². The molecule has 3 aromatic rings. The predicted octanol–water partition coefficient (Wildman–Crippen LogP) is 4.41. The summed E-state index contributed by atoms with van der Waals surface area (Å²) in [5.41, 5.74) is 2.00. The summed E-state index contributed by atoms with van der Waals surface area (Å²) in [6, 6.07) is 8.72. The largest absolute Gasteiger partial charge is 0.493 e. The van der Waals surface area contributed by atoms with Crippen LogP contribution in [0, 0.1) is 12.7 Å². The van der Waals surface area contributed by atoms with Crippen molar-refractivity contribution in [2.75, 3.05) is 12.4 Å². The molecule has 0 amide bonds. The van der Waals surface area contributed by atoms with Crippen LogP contribution in [0.3, 0.4) is 0 Å². The van der Waals surface area contributed by atoms with Crippen LogP contribution in [-0.2, 0) is 6.54 Å². The molecule has 0 radical (unpaired) electrons. The molecule has 0 saturated heterocycles. The smallest absolute Gasteiger partial charge is 0.387 e. The van der Waals surface area contributed by atoms with Crippen LogP contribution in [0.25, 0.3) is 11.4 Å². The van der Waals surface area contributed by atoms with E-state index in [0.29, 0.717) is 11.5 Å². The third-order valence-electron chi connectivity index (χ3n) is 3.72. The van der Waals surface area contributed by atoms with E-state index in [1.807, 2.05) is 0 Å². The molecule has 0 saturated carbocycles. The molecule has 0 atom stereocenters. The second-order valence-corrected chi connectivity index (χ2v) is 5.57. The average Bonchev–Trinajstić information content (AvgIpc) is 3.10. The monoisotopic (exact) mass is 379 g/mol. The van der Waals surface area contributed by atoms with Crippen molar-refractivity contribution < 1.29 is 27.2 Å².